The summed E-state index contributed by atoms with van der Waals surface area (Å²) >= 11 is 17.6. The van der Waals surface area contributed by atoms with Gasteiger partial charge in [0.1, 0.15) is 11.0 Å². The van der Waals surface area contributed by atoms with Crippen LogP contribution in [0, 0.1) is 6.92 Å². The Balaban J connectivity index is 2.40. The summed E-state index contributed by atoms with van der Waals surface area (Å²) in [4.78, 5) is 3.79. The number of nitrogens with zero attached hydrogens (tertiary/aromatic N) is 1. The number of aromatic nitrogens is 1. The molecule has 0 aliphatic rings. The van der Waals surface area contributed by atoms with E-state index in [-0.39, 0.29) is 11.0 Å². The molecule has 0 radical (unpaired) electrons. The standard InChI is InChI=1S/C13H8Cl3F3N2/c1-6-2-9(15)10(5-8(6)14)20-12-4-7(13(17,18)19)3-11(16)21-12/h2-5H,1H3,(H,20,21). The minimum atomic E-state index is -4.52. The smallest absolute Gasteiger partial charge is 0.339 e. The molecule has 0 fully saturated rings. The fraction of sp³-hybridized carbons (Fsp3) is 0.154. The summed E-state index contributed by atoms with van der Waals surface area (Å²) in [5.74, 6) is -0.0726. The lowest BCUT2D eigenvalue weighted by atomic mass is 10.2. The van der Waals surface area contributed by atoms with Crippen molar-refractivity contribution in [2.24, 2.45) is 0 Å². The second kappa shape index (κ2) is 5.91. The first-order valence-electron chi connectivity index (χ1n) is 5.64. The fourth-order valence-electron chi connectivity index (χ4n) is 1.60. The second-order valence-electron chi connectivity index (χ2n) is 4.27. The van der Waals surface area contributed by atoms with E-state index < -0.39 is 11.7 Å². The molecule has 8 heteroatoms. The number of alkyl halides is 3. The molecule has 1 N–H and O–H groups in total. The van der Waals surface area contributed by atoms with Crippen LogP contribution in [0.3, 0.4) is 0 Å². The van der Waals surface area contributed by atoms with E-state index >= 15 is 0 Å². The fourth-order valence-corrected chi connectivity index (χ4v) is 2.24. The number of aryl methyl sites for hydroxylation is 1. The van der Waals surface area contributed by atoms with Gasteiger partial charge in [0.15, 0.2) is 0 Å². The Hall–Kier alpha value is -1.17. The van der Waals surface area contributed by atoms with Gasteiger partial charge in [-0.25, -0.2) is 4.98 Å². The van der Waals surface area contributed by atoms with Gasteiger partial charge in [-0.15, -0.1) is 0 Å². The summed E-state index contributed by atoms with van der Waals surface area (Å²) in [5.41, 5.74) is 0.191. The molecule has 0 atom stereocenters. The third kappa shape index (κ3) is 3.93. The molecule has 0 amide bonds. The van der Waals surface area contributed by atoms with Crippen LogP contribution in [0.5, 0.6) is 0 Å². The first-order valence-corrected chi connectivity index (χ1v) is 6.77. The number of pyridine rings is 1. The molecule has 0 aliphatic carbocycles. The van der Waals surface area contributed by atoms with Gasteiger partial charge >= 0.3 is 6.18 Å². The Morgan fingerprint density at radius 3 is 2.29 bits per heavy atom. The van der Waals surface area contributed by atoms with Gasteiger partial charge in [0.25, 0.3) is 0 Å². The SMILES string of the molecule is Cc1cc(Cl)c(Nc2cc(C(F)(F)F)cc(Cl)n2)cc1Cl. The molecular weight excluding hydrogens is 348 g/mol. The maximum Gasteiger partial charge on any atom is 0.416 e. The van der Waals surface area contributed by atoms with E-state index in [9.17, 15) is 13.2 Å². The highest BCUT2D eigenvalue weighted by atomic mass is 35.5. The number of hydrogen-bond donors (Lipinski definition) is 1. The second-order valence-corrected chi connectivity index (χ2v) is 5.47. The topological polar surface area (TPSA) is 24.9 Å². The van der Waals surface area contributed by atoms with Gasteiger partial charge in [-0.05, 0) is 36.8 Å². The molecule has 2 aromatic rings. The molecule has 0 saturated carbocycles. The Morgan fingerprint density at radius 1 is 1.00 bits per heavy atom. The highest BCUT2D eigenvalue weighted by Gasteiger charge is 2.31. The quantitative estimate of drug-likeness (QED) is 0.657. The van der Waals surface area contributed by atoms with E-state index in [1.807, 2.05) is 0 Å². The Labute approximate surface area is 133 Å². The van der Waals surface area contributed by atoms with Crippen molar-refractivity contribution in [2.45, 2.75) is 13.1 Å². The number of rotatable bonds is 2. The molecule has 0 aliphatic heterocycles. The van der Waals surface area contributed by atoms with Gasteiger partial charge < -0.3 is 5.32 Å². The lowest BCUT2D eigenvalue weighted by Gasteiger charge is -2.12. The first-order chi connectivity index (χ1) is 9.66. The van der Waals surface area contributed by atoms with Gasteiger partial charge in [-0.1, -0.05) is 34.8 Å². The summed E-state index contributed by atoms with van der Waals surface area (Å²) in [6.07, 6.45) is -4.52. The molecule has 112 valence electrons. The number of nitrogens with one attached hydrogen (secondary N) is 1. The lowest BCUT2D eigenvalue weighted by Crippen LogP contribution is -2.07. The van der Waals surface area contributed by atoms with Crippen molar-refractivity contribution in [2.75, 3.05) is 5.32 Å². The Kier molecular flexibility index (Phi) is 4.56. The number of anilines is 2. The van der Waals surface area contributed by atoms with Crippen LogP contribution in [-0.4, -0.2) is 4.98 Å². The van der Waals surface area contributed by atoms with E-state index in [1.54, 1.807) is 13.0 Å². The molecule has 0 bridgehead atoms. The monoisotopic (exact) mass is 354 g/mol. The van der Waals surface area contributed by atoms with Gasteiger partial charge in [-0.3, -0.25) is 0 Å². The van der Waals surface area contributed by atoms with E-state index in [2.05, 4.69) is 10.3 Å². The van der Waals surface area contributed by atoms with Crippen LogP contribution in [0.1, 0.15) is 11.1 Å². The molecule has 2 nitrogen and oxygen atoms in total. The first kappa shape index (κ1) is 16.2. The van der Waals surface area contributed by atoms with Gasteiger partial charge in [0.2, 0.25) is 0 Å². The maximum atomic E-state index is 12.7. The highest BCUT2D eigenvalue weighted by Crippen LogP contribution is 2.34. The summed E-state index contributed by atoms with van der Waals surface area (Å²) in [6.45, 7) is 1.76. The summed E-state index contributed by atoms with van der Waals surface area (Å²) < 4.78 is 38.2. The van der Waals surface area contributed by atoms with Crippen molar-refractivity contribution in [3.63, 3.8) is 0 Å². The van der Waals surface area contributed by atoms with E-state index in [4.69, 9.17) is 34.8 Å². The zero-order valence-corrected chi connectivity index (χ0v) is 12.8. The van der Waals surface area contributed by atoms with E-state index in [1.165, 1.54) is 6.07 Å². The Bertz CT molecular complexity index is 687. The summed E-state index contributed by atoms with van der Waals surface area (Å²) in [7, 11) is 0. The van der Waals surface area contributed by atoms with Crippen molar-refractivity contribution in [3.8, 4) is 0 Å². The Morgan fingerprint density at radius 2 is 1.67 bits per heavy atom. The molecule has 0 saturated heterocycles. The van der Waals surface area contributed by atoms with Crippen LogP contribution in [0.4, 0.5) is 24.7 Å². The van der Waals surface area contributed by atoms with Crippen LogP contribution in [0.15, 0.2) is 24.3 Å². The zero-order chi connectivity index (χ0) is 15.8. The van der Waals surface area contributed by atoms with Crippen molar-refractivity contribution in [3.05, 3.63) is 50.6 Å². The minimum absolute atomic E-state index is 0.0726. The van der Waals surface area contributed by atoms with Crippen molar-refractivity contribution >= 4 is 46.3 Å². The largest absolute Gasteiger partial charge is 0.416 e. The average molecular weight is 356 g/mol. The molecule has 2 rings (SSSR count). The summed E-state index contributed by atoms with van der Waals surface area (Å²) in [5, 5.41) is 3.15. The van der Waals surface area contributed by atoms with Crippen LogP contribution in [0.2, 0.25) is 15.2 Å². The normalized spacial score (nSPS) is 11.6. The molecule has 0 spiro atoms. The van der Waals surface area contributed by atoms with E-state index in [0.717, 1.165) is 17.7 Å². The van der Waals surface area contributed by atoms with Crippen LogP contribution >= 0.6 is 34.8 Å². The maximum absolute atomic E-state index is 12.7. The molecule has 1 aromatic heterocycles. The number of benzene rings is 1. The van der Waals surface area contributed by atoms with Crippen LogP contribution in [-0.2, 0) is 6.18 Å². The van der Waals surface area contributed by atoms with Crippen molar-refractivity contribution < 1.29 is 13.2 Å². The predicted octanol–water partition coefficient (Wildman–Crippen LogP) is 6.11. The van der Waals surface area contributed by atoms with Crippen LogP contribution < -0.4 is 5.32 Å². The van der Waals surface area contributed by atoms with Gasteiger partial charge in [-0.2, -0.15) is 13.2 Å². The third-order valence-electron chi connectivity index (χ3n) is 2.63. The van der Waals surface area contributed by atoms with E-state index in [0.29, 0.717) is 15.7 Å². The van der Waals surface area contributed by atoms with Crippen LogP contribution in [0.25, 0.3) is 0 Å². The number of halogens is 6. The highest BCUT2D eigenvalue weighted by molar-refractivity contribution is 6.35. The molecule has 21 heavy (non-hydrogen) atoms. The zero-order valence-electron chi connectivity index (χ0n) is 10.5. The average Bonchev–Trinajstić information content (AvgIpc) is 2.34. The van der Waals surface area contributed by atoms with Gasteiger partial charge in [0.05, 0.1) is 16.3 Å². The number of hydrogen-bond acceptors (Lipinski definition) is 2. The lowest BCUT2D eigenvalue weighted by molar-refractivity contribution is -0.137. The third-order valence-corrected chi connectivity index (χ3v) is 3.55. The minimum Gasteiger partial charge on any atom is -0.339 e. The van der Waals surface area contributed by atoms with Crippen molar-refractivity contribution in [1.82, 2.24) is 4.98 Å². The molecule has 1 heterocycles. The molecular formula is C13H8Cl3F3N2. The summed E-state index contributed by atoms with van der Waals surface area (Å²) in [6, 6.07) is 4.70. The molecule has 1 aromatic carbocycles. The predicted molar refractivity (Wildman–Crippen MR) is 78.7 cm³/mol. The van der Waals surface area contributed by atoms with Gasteiger partial charge in [0, 0.05) is 5.02 Å². The molecule has 0 unspecified atom stereocenters. The van der Waals surface area contributed by atoms with Crippen molar-refractivity contribution in [1.29, 1.82) is 0 Å².